The zero-order valence-electron chi connectivity index (χ0n) is 11.1. The van der Waals surface area contributed by atoms with Crippen LogP contribution in [0.2, 0.25) is 0 Å². The van der Waals surface area contributed by atoms with E-state index in [-0.39, 0.29) is 0 Å². The standard InChI is InChI=1S/C12H21N.C2H6/c1-10-4-6-12(7-5-10)11(2)8-9-13-3;1-2/h4,6,11,13H,5,7-9H2,1-3H3;1-2H3. The molecule has 1 atom stereocenters. The highest BCUT2D eigenvalue weighted by atomic mass is 14.8. The fraction of sp³-hybridized carbons (Fsp3) is 0.714. The van der Waals surface area contributed by atoms with Gasteiger partial charge < -0.3 is 5.32 Å². The molecule has 88 valence electrons. The molecule has 0 aliphatic heterocycles. The minimum atomic E-state index is 0.747. The topological polar surface area (TPSA) is 12.0 Å². The summed E-state index contributed by atoms with van der Waals surface area (Å²) in [5, 5.41) is 3.20. The van der Waals surface area contributed by atoms with Crippen molar-refractivity contribution in [3.8, 4) is 0 Å². The molecule has 0 saturated carbocycles. The van der Waals surface area contributed by atoms with Crippen molar-refractivity contribution < 1.29 is 0 Å². The average molecular weight is 209 g/mol. The summed E-state index contributed by atoms with van der Waals surface area (Å²) in [5.41, 5.74) is 3.14. The Balaban J connectivity index is 0.000000921. The molecule has 15 heavy (non-hydrogen) atoms. The molecule has 1 rings (SSSR count). The molecule has 0 heterocycles. The van der Waals surface area contributed by atoms with E-state index in [4.69, 9.17) is 0 Å². The first-order valence-electron chi connectivity index (χ1n) is 6.25. The molecule has 0 radical (unpaired) electrons. The second kappa shape index (κ2) is 8.72. The number of allylic oxidation sites excluding steroid dienone is 4. The van der Waals surface area contributed by atoms with E-state index in [1.807, 2.05) is 20.9 Å². The maximum atomic E-state index is 3.20. The van der Waals surface area contributed by atoms with Gasteiger partial charge in [-0.3, -0.25) is 0 Å². The van der Waals surface area contributed by atoms with Crippen LogP contribution in [0, 0.1) is 5.92 Å². The third-order valence-electron chi connectivity index (χ3n) is 2.85. The second-order valence-corrected chi connectivity index (χ2v) is 4.05. The first-order chi connectivity index (χ1) is 7.24. The third-order valence-corrected chi connectivity index (χ3v) is 2.85. The van der Waals surface area contributed by atoms with Gasteiger partial charge in [0.1, 0.15) is 0 Å². The summed E-state index contributed by atoms with van der Waals surface area (Å²) in [6, 6.07) is 0. The van der Waals surface area contributed by atoms with Crippen LogP contribution in [0.15, 0.2) is 23.3 Å². The third kappa shape index (κ3) is 5.78. The van der Waals surface area contributed by atoms with Crippen molar-refractivity contribution >= 4 is 0 Å². The highest BCUT2D eigenvalue weighted by Gasteiger charge is 2.10. The minimum Gasteiger partial charge on any atom is -0.320 e. The van der Waals surface area contributed by atoms with Crippen LogP contribution in [0.25, 0.3) is 0 Å². The maximum absolute atomic E-state index is 3.20. The lowest BCUT2D eigenvalue weighted by Gasteiger charge is -2.18. The van der Waals surface area contributed by atoms with Crippen LogP contribution in [0.3, 0.4) is 0 Å². The fourth-order valence-electron chi connectivity index (χ4n) is 1.71. The van der Waals surface area contributed by atoms with Gasteiger partial charge in [0.05, 0.1) is 0 Å². The van der Waals surface area contributed by atoms with E-state index in [0.29, 0.717) is 0 Å². The number of rotatable bonds is 4. The molecule has 1 unspecified atom stereocenters. The SMILES string of the molecule is CC.CNCCC(C)C1=CC=C(C)CC1. The molecule has 1 N–H and O–H groups in total. The van der Waals surface area contributed by atoms with Crippen LogP contribution < -0.4 is 5.32 Å². The Morgan fingerprint density at radius 2 is 1.93 bits per heavy atom. The highest BCUT2D eigenvalue weighted by Crippen LogP contribution is 2.25. The van der Waals surface area contributed by atoms with Gasteiger partial charge in [-0.05, 0) is 45.7 Å². The number of nitrogens with one attached hydrogen (secondary N) is 1. The van der Waals surface area contributed by atoms with Crippen LogP contribution in [-0.2, 0) is 0 Å². The number of hydrogen-bond acceptors (Lipinski definition) is 1. The van der Waals surface area contributed by atoms with Gasteiger partial charge in [-0.15, -0.1) is 0 Å². The van der Waals surface area contributed by atoms with E-state index in [2.05, 4.69) is 31.3 Å². The predicted octanol–water partition coefficient (Wildman–Crippen LogP) is 3.92. The first-order valence-corrected chi connectivity index (χ1v) is 6.25. The molecule has 1 heteroatoms. The van der Waals surface area contributed by atoms with Gasteiger partial charge >= 0.3 is 0 Å². The van der Waals surface area contributed by atoms with Crippen molar-refractivity contribution in [1.82, 2.24) is 5.32 Å². The molecule has 1 nitrogen and oxygen atoms in total. The van der Waals surface area contributed by atoms with E-state index in [1.54, 1.807) is 5.57 Å². The Morgan fingerprint density at radius 1 is 1.27 bits per heavy atom. The van der Waals surface area contributed by atoms with Crippen molar-refractivity contribution in [2.75, 3.05) is 13.6 Å². The maximum Gasteiger partial charge on any atom is -0.00463 e. The van der Waals surface area contributed by atoms with Gasteiger partial charge in [-0.2, -0.15) is 0 Å². The van der Waals surface area contributed by atoms with Crippen molar-refractivity contribution in [3.05, 3.63) is 23.3 Å². The summed E-state index contributed by atoms with van der Waals surface area (Å²) in [4.78, 5) is 0. The van der Waals surface area contributed by atoms with E-state index in [0.717, 1.165) is 12.5 Å². The van der Waals surface area contributed by atoms with Gasteiger partial charge in [0.2, 0.25) is 0 Å². The van der Waals surface area contributed by atoms with Gasteiger partial charge in [0.25, 0.3) is 0 Å². The normalized spacial score (nSPS) is 17.1. The summed E-state index contributed by atoms with van der Waals surface area (Å²) in [6.07, 6.45) is 8.38. The fourth-order valence-corrected chi connectivity index (χ4v) is 1.71. The van der Waals surface area contributed by atoms with Crippen LogP contribution in [0.5, 0.6) is 0 Å². The molecule has 1 aliphatic rings. The van der Waals surface area contributed by atoms with Crippen LogP contribution in [0.1, 0.15) is 47.0 Å². The van der Waals surface area contributed by atoms with E-state index < -0.39 is 0 Å². The molecular weight excluding hydrogens is 182 g/mol. The quantitative estimate of drug-likeness (QED) is 0.740. The predicted molar refractivity (Wildman–Crippen MR) is 70.1 cm³/mol. The zero-order chi connectivity index (χ0) is 11.7. The Hall–Kier alpha value is -0.560. The van der Waals surface area contributed by atoms with Gasteiger partial charge in [-0.25, -0.2) is 0 Å². The van der Waals surface area contributed by atoms with Crippen LogP contribution in [-0.4, -0.2) is 13.6 Å². The van der Waals surface area contributed by atoms with Gasteiger partial charge in [-0.1, -0.05) is 44.1 Å². The summed E-state index contributed by atoms with van der Waals surface area (Å²) >= 11 is 0. The Bertz CT molecular complexity index is 213. The lowest BCUT2D eigenvalue weighted by Crippen LogP contribution is -2.13. The Morgan fingerprint density at radius 3 is 2.40 bits per heavy atom. The molecule has 0 aromatic rings. The Kier molecular flexibility index (Phi) is 8.40. The van der Waals surface area contributed by atoms with Gasteiger partial charge in [0.15, 0.2) is 0 Å². The van der Waals surface area contributed by atoms with E-state index >= 15 is 0 Å². The molecular formula is C14H27N. The smallest absolute Gasteiger partial charge is 0.00463 e. The van der Waals surface area contributed by atoms with Crippen molar-refractivity contribution in [2.45, 2.75) is 47.0 Å². The van der Waals surface area contributed by atoms with E-state index in [9.17, 15) is 0 Å². The second-order valence-electron chi connectivity index (χ2n) is 4.05. The molecule has 0 amide bonds. The van der Waals surface area contributed by atoms with Crippen molar-refractivity contribution in [2.24, 2.45) is 5.92 Å². The number of hydrogen-bond donors (Lipinski definition) is 1. The monoisotopic (exact) mass is 209 g/mol. The lowest BCUT2D eigenvalue weighted by molar-refractivity contribution is 0.562. The zero-order valence-corrected chi connectivity index (χ0v) is 11.1. The summed E-state index contributed by atoms with van der Waals surface area (Å²) < 4.78 is 0. The lowest BCUT2D eigenvalue weighted by atomic mass is 9.89. The molecule has 0 fully saturated rings. The molecule has 0 aromatic carbocycles. The summed E-state index contributed by atoms with van der Waals surface area (Å²) in [5.74, 6) is 0.747. The van der Waals surface area contributed by atoms with Crippen LogP contribution >= 0.6 is 0 Å². The van der Waals surface area contributed by atoms with Gasteiger partial charge in [0, 0.05) is 0 Å². The largest absolute Gasteiger partial charge is 0.320 e. The highest BCUT2D eigenvalue weighted by molar-refractivity contribution is 5.24. The summed E-state index contributed by atoms with van der Waals surface area (Å²) in [7, 11) is 2.02. The van der Waals surface area contributed by atoms with Crippen molar-refractivity contribution in [3.63, 3.8) is 0 Å². The molecule has 0 spiro atoms. The van der Waals surface area contributed by atoms with E-state index in [1.165, 1.54) is 24.8 Å². The Labute approximate surface area is 95.7 Å². The summed E-state index contributed by atoms with van der Waals surface area (Å²) in [6.45, 7) is 9.67. The molecule has 1 aliphatic carbocycles. The molecule has 0 aromatic heterocycles. The van der Waals surface area contributed by atoms with Crippen molar-refractivity contribution in [1.29, 1.82) is 0 Å². The van der Waals surface area contributed by atoms with Crippen LogP contribution in [0.4, 0.5) is 0 Å². The minimum absolute atomic E-state index is 0.747. The molecule has 0 bridgehead atoms. The first kappa shape index (κ1) is 14.4. The molecule has 0 saturated heterocycles. The average Bonchev–Trinajstić information content (AvgIpc) is 2.29.